The summed E-state index contributed by atoms with van der Waals surface area (Å²) in [7, 11) is 0. The van der Waals surface area contributed by atoms with E-state index in [4.69, 9.17) is 9.52 Å². The zero-order valence-corrected chi connectivity index (χ0v) is 4.95. The zero-order valence-electron chi connectivity index (χ0n) is 4.95. The molecule has 1 rings (SSSR count). The van der Waals surface area contributed by atoms with Gasteiger partial charge < -0.3 is 9.52 Å². The number of hydrogen-bond donors (Lipinski definition) is 1. The van der Waals surface area contributed by atoms with Crippen molar-refractivity contribution in [2.45, 2.75) is 0 Å². The maximum atomic E-state index is 8.35. The minimum atomic E-state index is 0.0746. The van der Waals surface area contributed by atoms with Crippen LogP contribution in [0.4, 0.5) is 0 Å². The summed E-state index contributed by atoms with van der Waals surface area (Å²) in [5, 5.41) is 8.35. The fraction of sp³-hybridized carbons (Fsp3) is 0.143. The van der Waals surface area contributed by atoms with Crippen LogP contribution in [-0.4, -0.2) is 11.7 Å². The Morgan fingerprint density at radius 2 is 2.56 bits per heavy atom. The molecule has 2 heteroatoms. The van der Waals surface area contributed by atoms with Gasteiger partial charge in [-0.25, -0.2) is 0 Å². The van der Waals surface area contributed by atoms with Crippen LogP contribution in [0.3, 0.4) is 0 Å². The molecule has 0 fully saturated rings. The van der Waals surface area contributed by atoms with Gasteiger partial charge in [-0.1, -0.05) is 12.2 Å². The number of hydrogen-bond acceptors (Lipinski definition) is 2. The van der Waals surface area contributed by atoms with Crippen molar-refractivity contribution >= 4 is 6.08 Å². The summed E-state index contributed by atoms with van der Waals surface area (Å²) in [5.74, 6) is 0. The summed E-state index contributed by atoms with van der Waals surface area (Å²) in [6.07, 6.45) is 6.66. The summed E-state index contributed by atoms with van der Waals surface area (Å²) < 4.78 is 4.78. The third-order valence-electron chi connectivity index (χ3n) is 0.959. The molecule has 0 spiro atoms. The Balaban J connectivity index is 2.57. The van der Waals surface area contributed by atoms with Crippen LogP contribution in [0.2, 0.25) is 0 Å². The van der Waals surface area contributed by atoms with Crippen LogP contribution >= 0.6 is 0 Å². The lowest BCUT2D eigenvalue weighted by Crippen LogP contribution is -1.68. The van der Waals surface area contributed by atoms with Crippen molar-refractivity contribution in [3.63, 3.8) is 0 Å². The molecule has 0 amide bonds. The second kappa shape index (κ2) is 3.10. The van der Waals surface area contributed by atoms with Gasteiger partial charge in [0.05, 0.1) is 19.1 Å². The Kier molecular flexibility index (Phi) is 2.10. The molecule has 0 unspecified atom stereocenters. The molecule has 1 aromatic rings. The molecule has 0 aliphatic rings. The van der Waals surface area contributed by atoms with Gasteiger partial charge in [0.2, 0.25) is 0 Å². The average molecular weight is 124 g/mol. The maximum Gasteiger partial charge on any atom is 0.0974 e. The van der Waals surface area contributed by atoms with Crippen LogP contribution in [0.5, 0.6) is 0 Å². The Labute approximate surface area is 53.4 Å². The zero-order chi connectivity index (χ0) is 6.53. The molecule has 9 heavy (non-hydrogen) atoms. The lowest BCUT2D eigenvalue weighted by molar-refractivity contribution is 0.343. The van der Waals surface area contributed by atoms with E-state index in [1.807, 2.05) is 6.07 Å². The first kappa shape index (κ1) is 6.11. The van der Waals surface area contributed by atoms with E-state index >= 15 is 0 Å². The van der Waals surface area contributed by atoms with E-state index in [0.29, 0.717) is 0 Å². The van der Waals surface area contributed by atoms with Gasteiger partial charge in [-0.05, 0) is 6.07 Å². The topological polar surface area (TPSA) is 33.4 Å². The summed E-state index contributed by atoms with van der Waals surface area (Å²) in [4.78, 5) is 0. The van der Waals surface area contributed by atoms with Crippen molar-refractivity contribution in [1.82, 2.24) is 0 Å². The predicted molar refractivity (Wildman–Crippen MR) is 34.8 cm³/mol. The van der Waals surface area contributed by atoms with Crippen LogP contribution in [0.15, 0.2) is 29.1 Å². The summed E-state index contributed by atoms with van der Waals surface area (Å²) in [6, 6.07) is 1.83. The van der Waals surface area contributed by atoms with Crippen LogP contribution in [0.25, 0.3) is 6.08 Å². The average Bonchev–Trinajstić information content (AvgIpc) is 2.34. The van der Waals surface area contributed by atoms with E-state index in [0.717, 1.165) is 5.56 Å². The highest BCUT2D eigenvalue weighted by atomic mass is 16.3. The second-order valence-corrected chi connectivity index (χ2v) is 1.64. The lowest BCUT2D eigenvalue weighted by atomic mass is 10.3. The van der Waals surface area contributed by atoms with E-state index in [2.05, 4.69) is 0 Å². The van der Waals surface area contributed by atoms with Gasteiger partial charge in [0.15, 0.2) is 0 Å². The van der Waals surface area contributed by atoms with Gasteiger partial charge in [-0.3, -0.25) is 0 Å². The molecule has 0 aliphatic heterocycles. The van der Waals surface area contributed by atoms with Gasteiger partial charge >= 0.3 is 0 Å². The standard InChI is InChI=1S/C7H8O2/c8-4-1-2-7-3-5-9-6-7/h1-3,5-6,8H,4H2. The summed E-state index contributed by atoms with van der Waals surface area (Å²) in [6.45, 7) is 0.0746. The lowest BCUT2D eigenvalue weighted by Gasteiger charge is -1.77. The predicted octanol–water partition coefficient (Wildman–Crippen LogP) is 1.29. The van der Waals surface area contributed by atoms with Crippen molar-refractivity contribution in [1.29, 1.82) is 0 Å². The number of aliphatic hydroxyl groups is 1. The molecule has 0 saturated heterocycles. The maximum absolute atomic E-state index is 8.35. The van der Waals surface area contributed by atoms with Gasteiger partial charge in [-0.15, -0.1) is 0 Å². The third kappa shape index (κ3) is 1.74. The smallest absolute Gasteiger partial charge is 0.0974 e. The van der Waals surface area contributed by atoms with E-state index in [1.54, 1.807) is 24.7 Å². The highest BCUT2D eigenvalue weighted by molar-refractivity contribution is 5.46. The quantitative estimate of drug-likeness (QED) is 0.644. The largest absolute Gasteiger partial charge is 0.472 e. The van der Waals surface area contributed by atoms with E-state index < -0.39 is 0 Å². The van der Waals surface area contributed by atoms with Crippen LogP contribution in [0.1, 0.15) is 5.56 Å². The molecule has 48 valence electrons. The SMILES string of the molecule is OCC=Cc1ccoc1. The highest BCUT2D eigenvalue weighted by Gasteiger charge is 1.82. The number of rotatable bonds is 2. The second-order valence-electron chi connectivity index (χ2n) is 1.64. The molecule has 1 N–H and O–H groups in total. The van der Waals surface area contributed by atoms with Gasteiger partial charge in [0.25, 0.3) is 0 Å². The van der Waals surface area contributed by atoms with E-state index in [-0.39, 0.29) is 6.61 Å². The summed E-state index contributed by atoms with van der Waals surface area (Å²) >= 11 is 0. The van der Waals surface area contributed by atoms with Crippen molar-refractivity contribution in [2.24, 2.45) is 0 Å². The molecule has 0 radical (unpaired) electrons. The van der Waals surface area contributed by atoms with E-state index in [9.17, 15) is 0 Å². The molecule has 0 atom stereocenters. The summed E-state index contributed by atoms with van der Waals surface area (Å²) in [5.41, 5.74) is 0.976. The first-order valence-corrected chi connectivity index (χ1v) is 2.73. The van der Waals surface area contributed by atoms with Crippen LogP contribution < -0.4 is 0 Å². The Bertz CT molecular complexity index is 175. The molecule has 1 heterocycles. The molecule has 1 aromatic heterocycles. The first-order valence-electron chi connectivity index (χ1n) is 2.73. The fourth-order valence-corrected chi connectivity index (χ4v) is 0.559. The molecular formula is C7H8O2. The fourth-order valence-electron chi connectivity index (χ4n) is 0.559. The monoisotopic (exact) mass is 124 g/mol. The minimum Gasteiger partial charge on any atom is -0.472 e. The van der Waals surface area contributed by atoms with Crippen molar-refractivity contribution in [2.75, 3.05) is 6.61 Å². The van der Waals surface area contributed by atoms with Crippen molar-refractivity contribution in [3.8, 4) is 0 Å². The normalized spacial score (nSPS) is 10.8. The van der Waals surface area contributed by atoms with Gasteiger partial charge in [0, 0.05) is 5.56 Å². The third-order valence-corrected chi connectivity index (χ3v) is 0.959. The van der Waals surface area contributed by atoms with Gasteiger partial charge in [-0.2, -0.15) is 0 Å². The van der Waals surface area contributed by atoms with Gasteiger partial charge in [0.1, 0.15) is 0 Å². The number of furan rings is 1. The Hall–Kier alpha value is -1.02. The molecule has 0 saturated carbocycles. The molecule has 2 nitrogen and oxygen atoms in total. The minimum absolute atomic E-state index is 0.0746. The Morgan fingerprint density at radius 1 is 1.67 bits per heavy atom. The van der Waals surface area contributed by atoms with E-state index in [1.165, 1.54) is 0 Å². The Morgan fingerprint density at radius 3 is 3.11 bits per heavy atom. The highest BCUT2D eigenvalue weighted by Crippen LogP contribution is 2.00. The van der Waals surface area contributed by atoms with Crippen molar-refractivity contribution < 1.29 is 9.52 Å². The molecular weight excluding hydrogens is 116 g/mol. The first-order chi connectivity index (χ1) is 4.43. The van der Waals surface area contributed by atoms with Crippen LogP contribution in [0, 0.1) is 0 Å². The molecule has 0 bridgehead atoms. The molecule has 0 aromatic carbocycles. The van der Waals surface area contributed by atoms with Crippen LogP contribution in [-0.2, 0) is 0 Å². The molecule has 0 aliphatic carbocycles. The number of aliphatic hydroxyl groups excluding tert-OH is 1. The van der Waals surface area contributed by atoms with Crippen molar-refractivity contribution in [3.05, 3.63) is 30.2 Å².